The largest absolute Gasteiger partial charge is 1.00 e. The van der Waals surface area contributed by atoms with Crippen molar-refractivity contribution >= 4 is 0 Å². The number of nitrogens with zero attached hydrogens (tertiary/aromatic N) is 1. The molecule has 0 saturated carbocycles. The van der Waals surface area contributed by atoms with Crippen LogP contribution in [0.4, 0.5) is 0 Å². The molecule has 0 unspecified atom stereocenters. The van der Waals surface area contributed by atoms with Crippen molar-refractivity contribution in [2.75, 3.05) is 26.2 Å². The Kier molecular flexibility index (Phi) is 3.38. The highest BCUT2D eigenvalue weighted by Crippen LogP contribution is 2.25. The maximum absolute atomic E-state index is 1.50. The van der Waals surface area contributed by atoms with Crippen LogP contribution in [0.25, 0.3) is 0 Å². The highest BCUT2D eigenvalue weighted by molar-refractivity contribution is 4.59. The first-order chi connectivity index (χ1) is 4.91. The molecular weight excluding hydrogens is 202 g/mol. The number of halogens is 1. The maximum atomic E-state index is 1.50. The lowest BCUT2D eigenvalue weighted by molar-refractivity contribution is -0.921. The number of hydrogen-bond donors (Lipinski definition) is 0. The number of quaternary nitrogens is 1. The van der Waals surface area contributed by atoms with Gasteiger partial charge in [0.25, 0.3) is 0 Å². The Morgan fingerprint density at radius 3 is 1.36 bits per heavy atom. The zero-order valence-corrected chi connectivity index (χ0v) is 8.78. The molecule has 2 fully saturated rings. The molecule has 0 atom stereocenters. The third-order valence-electron chi connectivity index (χ3n) is 3.28. The molecule has 2 heterocycles. The van der Waals surface area contributed by atoms with E-state index in [9.17, 15) is 0 Å². The van der Waals surface area contributed by atoms with Gasteiger partial charge in [0.15, 0.2) is 0 Å². The second kappa shape index (κ2) is 3.90. The van der Waals surface area contributed by atoms with Crippen molar-refractivity contribution in [3.05, 3.63) is 0 Å². The molecule has 11 heavy (non-hydrogen) atoms. The van der Waals surface area contributed by atoms with Crippen molar-refractivity contribution < 1.29 is 21.5 Å². The third kappa shape index (κ3) is 1.97. The first-order valence-corrected chi connectivity index (χ1v) is 4.76. The van der Waals surface area contributed by atoms with E-state index in [4.69, 9.17) is 0 Å². The van der Waals surface area contributed by atoms with Gasteiger partial charge in [-0.1, -0.05) is 0 Å². The molecule has 0 amide bonds. The first-order valence-electron chi connectivity index (χ1n) is 4.76. The molecule has 0 N–H and O–H groups in total. The van der Waals surface area contributed by atoms with E-state index in [1.165, 1.54) is 62.8 Å². The Balaban J connectivity index is 0.000000605. The monoisotopic (exact) mass is 219 g/mol. The quantitative estimate of drug-likeness (QED) is 0.449. The second-order valence-corrected chi connectivity index (χ2v) is 4.00. The van der Waals surface area contributed by atoms with Crippen molar-refractivity contribution in [2.24, 2.45) is 0 Å². The smallest absolute Gasteiger partial charge is 0.0788 e. The summed E-state index contributed by atoms with van der Waals surface area (Å²) in [6, 6.07) is 0. The van der Waals surface area contributed by atoms with Gasteiger partial charge in [-0.05, 0) is 19.3 Å². The van der Waals surface area contributed by atoms with Gasteiger partial charge in [0.2, 0.25) is 0 Å². The molecule has 2 rings (SSSR count). The van der Waals surface area contributed by atoms with E-state index in [1.807, 2.05) is 0 Å². The summed E-state index contributed by atoms with van der Waals surface area (Å²) in [6.07, 6.45) is 7.50. The fourth-order valence-electron chi connectivity index (χ4n) is 2.64. The molecular formula is C9H18BrN. The van der Waals surface area contributed by atoms with Crippen LogP contribution in [0.15, 0.2) is 0 Å². The van der Waals surface area contributed by atoms with E-state index in [2.05, 4.69) is 0 Å². The van der Waals surface area contributed by atoms with E-state index >= 15 is 0 Å². The van der Waals surface area contributed by atoms with Gasteiger partial charge in [-0.3, -0.25) is 0 Å². The van der Waals surface area contributed by atoms with Gasteiger partial charge in [0, 0.05) is 12.8 Å². The molecule has 1 spiro atoms. The lowest BCUT2D eigenvalue weighted by atomic mass is 10.1. The minimum atomic E-state index is 0. The molecule has 2 heteroatoms. The van der Waals surface area contributed by atoms with Crippen LogP contribution in [0.2, 0.25) is 0 Å². The van der Waals surface area contributed by atoms with Crippen LogP contribution < -0.4 is 17.0 Å². The summed E-state index contributed by atoms with van der Waals surface area (Å²) in [5, 5.41) is 0. The average Bonchev–Trinajstić information content (AvgIpc) is 2.39. The van der Waals surface area contributed by atoms with Crippen molar-refractivity contribution in [1.82, 2.24) is 0 Å². The van der Waals surface area contributed by atoms with Gasteiger partial charge >= 0.3 is 0 Å². The summed E-state index contributed by atoms with van der Waals surface area (Å²) in [5.41, 5.74) is 0. The third-order valence-corrected chi connectivity index (χ3v) is 3.28. The van der Waals surface area contributed by atoms with Gasteiger partial charge < -0.3 is 21.5 Å². The molecule has 0 aromatic carbocycles. The summed E-state index contributed by atoms with van der Waals surface area (Å²) >= 11 is 0. The van der Waals surface area contributed by atoms with E-state index in [1.54, 1.807) is 0 Å². The summed E-state index contributed by atoms with van der Waals surface area (Å²) in [6.45, 7) is 6.00. The van der Waals surface area contributed by atoms with Crippen LogP contribution in [-0.4, -0.2) is 30.7 Å². The minimum absolute atomic E-state index is 0. The summed E-state index contributed by atoms with van der Waals surface area (Å²) in [7, 11) is 0. The Morgan fingerprint density at radius 1 is 0.545 bits per heavy atom. The highest BCUT2D eigenvalue weighted by Gasteiger charge is 2.32. The average molecular weight is 220 g/mol. The van der Waals surface area contributed by atoms with E-state index in [-0.39, 0.29) is 17.0 Å². The van der Waals surface area contributed by atoms with Crippen molar-refractivity contribution in [1.29, 1.82) is 0 Å². The molecule has 0 radical (unpaired) electrons. The Hall–Kier alpha value is 0.440. The standard InChI is InChI=1S/C9H18N.BrH/c1-2-6-10(7-3-1)8-4-5-9-10;/h1-9H2;1H/q+1;/p-1. The summed E-state index contributed by atoms with van der Waals surface area (Å²) in [5.74, 6) is 0. The van der Waals surface area contributed by atoms with Crippen molar-refractivity contribution in [3.63, 3.8) is 0 Å². The first kappa shape index (κ1) is 9.53. The van der Waals surface area contributed by atoms with Gasteiger partial charge in [0.05, 0.1) is 26.2 Å². The normalized spacial score (nSPS) is 28.4. The molecule has 66 valence electrons. The minimum Gasteiger partial charge on any atom is -1.00 e. The van der Waals surface area contributed by atoms with Gasteiger partial charge in [-0.2, -0.15) is 0 Å². The van der Waals surface area contributed by atoms with Crippen LogP contribution in [0, 0.1) is 0 Å². The molecule has 1 nitrogen and oxygen atoms in total. The molecule has 0 bridgehead atoms. The zero-order chi connectivity index (χ0) is 6.86. The topological polar surface area (TPSA) is 0 Å². The number of piperidine rings is 1. The molecule has 2 saturated heterocycles. The molecule has 2 aliphatic rings. The predicted octanol–water partition coefficient (Wildman–Crippen LogP) is -1.22. The maximum Gasteiger partial charge on any atom is 0.0788 e. The van der Waals surface area contributed by atoms with Crippen LogP contribution >= 0.6 is 0 Å². The molecule has 2 aliphatic heterocycles. The lowest BCUT2D eigenvalue weighted by Crippen LogP contribution is -3.00. The number of hydrogen-bond acceptors (Lipinski definition) is 0. The van der Waals surface area contributed by atoms with Crippen LogP contribution in [0.1, 0.15) is 32.1 Å². The van der Waals surface area contributed by atoms with Gasteiger partial charge in [-0.15, -0.1) is 0 Å². The summed E-state index contributed by atoms with van der Waals surface area (Å²) in [4.78, 5) is 0. The van der Waals surface area contributed by atoms with Gasteiger partial charge in [0.1, 0.15) is 0 Å². The SMILES string of the molecule is C1CC[N+]2(CC1)CCCC2.[Br-]. The molecule has 0 aromatic rings. The second-order valence-electron chi connectivity index (χ2n) is 4.00. The highest BCUT2D eigenvalue weighted by atomic mass is 79.9. The summed E-state index contributed by atoms with van der Waals surface area (Å²) < 4.78 is 1.50. The fraction of sp³-hybridized carbons (Fsp3) is 1.00. The van der Waals surface area contributed by atoms with E-state index in [0.29, 0.717) is 0 Å². The Bertz CT molecular complexity index is 111. The van der Waals surface area contributed by atoms with Crippen LogP contribution in [0.5, 0.6) is 0 Å². The van der Waals surface area contributed by atoms with Crippen molar-refractivity contribution in [2.45, 2.75) is 32.1 Å². The predicted molar refractivity (Wildman–Crippen MR) is 42.8 cm³/mol. The Labute approximate surface area is 80.1 Å². The fourth-order valence-corrected chi connectivity index (χ4v) is 2.64. The van der Waals surface area contributed by atoms with E-state index in [0.717, 1.165) is 0 Å². The number of rotatable bonds is 0. The van der Waals surface area contributed by atoms with E-state index < -0.39 is 0 Å². The van der Waals surface area contributed by atoms with Crippen LogP contribution in [-0.2, 0) is 0 Å². The Morgan fingerprint density at radius 2 is 0.909 bits per heavy atom. The zero-order valence-electron chi connectivity index (χ0n) is 7.19. The van der Waals surface area contributed by atoms with Gasteiger partial charge in [-0.25, -0.2) is 0 Å². The molecule has 0 aromatic heterocycles. The lowest BCUT2D eigenvalue weighted by Gasteiger charge is -2.37. The molecule has 0 aliphatic carbocycles. The van der Waals surface area contributed by atoms with Crippen LogP contribution in [0.3, 0.4) is 0 Å². The van der Waals surface area contributed by atoms with Crippen molar-refractivity contribution in [3.8, 4) is 0 Å².